The van der Waals surface area contributed by atoms with Gasteiger partial charge in [-0.3, -0.25) is 0 Å². The smallest absolute Gasteiger partial charge is 0.133 e. The lowest BCUT2D eigenvalue weighted by molar-refractivity contribution is 0.0978. The second-order valence-corrected chi connectivity index (χ2v) is 6.67. The Balaban J connectivity index is 1.66. The number of benzene rings is 1. The molecular formula is C16H24BrNO3. The molecule has 0 aromatic heterocycles. The highest BCUT2D eigenvalue weighted by atomic mass is 79.9. The van der Waals surface area contributed by atoms with Gasteiger partial charge in [-0.25, -0.2) is 0 Å². The van der Waals surface area contributed by atoms with E-state index in [0.717, 1.165) is 41.6 Å². The molecule has 1 aromatic carbocycles. The van der Waals surface area contributed by atoms with Crippen molar-refractivity contribution in [2.24, 2.45) is 5.92 Å². The van der Waals surface area contributed by atoms with Crippen molar-refractivity contribution in [2.45, 2.75) is 38.4 Å². The van der Waals surface area contributed by atoms with Crippen molar-refractivity contribution < 1.29 is 14.9 Å². The van der Waals surface area contributed by atoms with Gasteiger partial charge in [0.2, 0.25) is 0 Å². The first-order chi connectivity index (χ1) is 10.1. The van der Waals surface area contributed by atoms with E-state index in [4.69, 9.17) is 4.74 Å². The van der Waals surface area contributed by atoms with Crippen LogP contribution in [0, 0.1) is 12.8 Å². The molecule has 0 spiro atoms. The third-order valence-electron chi connectivity index (χ3n) is 3.92. The van der Waals surface area contributed by atoms with Gasteiger partial charge in [-0.05, 0) is 59.3 Å². The van der Waals surface area contributed by atoms with Crippen LogP contribution in [0.5, 0.6) is 5.75 Å². The second-order valence-electron chi connectivity index (χ2n) is 5.82. The van der Waals surface area contributed by atoms with E-state index in [1.165, 1.54) is 0 Å². The van der Waals surface area contributed by atoms with Crippen LogP contribution in [0.1, 0.15) is 24.8 Å². The van der Waals surface area contributed by atoms with E-state index < -0.39 is 6.10 Å². The SMILES string of the molecule is Cc1ccc(OCC(O)CNCC2CCCC2O)c(Br)c1. The summed E-state index contributed by atoms with van der Waals surface area (Å²) in [6, 6.07) is 5.86. The first kappa shape index (κ1) is 16.7. The zero-order chi connectivity index (χ0) is 15.2. The standard InChI is InChI=1S/C16H24BrNO3/c1-11-5-6-16(14(17)7-11)21-10-13(19)9-18-8-12-3-2-4-15(12)20/h5-7,12-13,15,18-20H,2-4,8-10H2,1H3. The Hall–Kier alpha value is -0.620. The summed E-state index contributed by atoms with van der Waals surface area (Å²) in [5.41, 5.74) is 1.16. The maximum atomic E-state index is 9.93. The number of aliphatic hydroxyl groups is 2. The van der Waals surface area contributed by atoms with E-state index in [-0.39, 0.29) is 12.7 Å². The fraction of sp³-hybridized carbons (Fsp3) is 0.625. The predicted octanol–water partition coefficient (Wildman–Crippen LogP) is 2.25. The zero-order valence-corrected chi connectivity index (χ0v) is 14.0. The van der Waals surface area contributed by atoms with Crippen LogP contribution in [0.3, 0.4) is 0 Å². The summed E-state index contributed by atoms with van der Waals surface area (Å²) in [6.07, 6.45) is 2.32. The van der Waals surface area contributed by atoms with Crippen LogP contribution in [-0.2, 0) is 0 Å². The fourth-order valence-corrected chi connectivity index (χ4v) is 3.27. The summed E-state index contributed by atoms with van der Waals surface area (Å²) < 4.78 is 6.51. The molecule has 1 aliphatic carbocycles. The molecule has 1 aromatic rings. The Labute approximate surface area is 134 Å². The number of hydrogen-bond acceptors (Lipinski definition) is 4. The predicted molar refractivity (Wildman–Crippen MR) is 86.6 cm³/mol. The van der Waals surface area contributed by atoms with Crippen LogP contribution in [0.15, 0.2) is 22.7 Å². The summed E-state index contributed by atoms with van der Waals surface area (Å²) in [4.78, 5) is 0. The van der Waals surface area contributed by atoms with Gasteiger partial charge < -0.3 is 20.3 Å². The molecule has 0 aliphatic heterocycles. The quantitative estimate of drug-likeness (QED) is 0.700. The lowest BCUT2D eigenvalue weighted by Gasteiger charge is -2.18. The molecule has 2 rings (SSSR count). The number of nitrogens with one attached hydrogen (secondary N) is 1. The molecule has 0 amide bonds. The van der Waals surface area contributed by atoms with Gasteiger partial charge >= 0.3 is 0 Å². The molecule has 3 unspecified atom stereocenters. The molecule has 1 aliphatic rings. The van der Waals surface area contributed by atoms with E-state index in [2.05, 4.69) is 21.2 Å². The number of ether oxygens (including phenoxy) is 1. The van der Waals surface area contributed by atoms with Gasteiger partial charge in [0.1, 0.15) is 18.5 Å². The third kappa shape index (κ3) is 5.25. The average molecular weight is 358 g/mol. The fourth-order valence-electron chi connectivity index (χ4n) is 2.66. The minimum Gasteiger partial charge on any atom is -0.490 e. The van der Waals surface area contributed by atoms with Gasteiger partial charge in [0.15, 0.2) is 0 Å². The van der Waals surface area contributed by atoms with Crippen LogP contribution in [-0.4, -0.2) is 42.1 Å². The van der Waals surface area contributed by atoms with Crippen molar-refractivity contribution >= 4 is 15.9 Å². The van der Waals surface area contributed by atoms with Crippen LogP contribution in [0.4, 0.5) is 0 Å². The molecule has 3 N–H and O–H groups in total. The van der Waals surface area contributed by atoms with E-state index in [0.29, 0.717) is 12.5 Å². The van der Waals surface area contributed by atoms with Crippen molar-refractivity contribution in [2.75, 3.05) is 19.7 Å². The number of aryl methyl sites for hydroxylation is 1. The minimum absolute atomic E-state index is 0.186. The molecule has 0 heterocycles. The van der Waals surface area contributed by atoms with Gasteiger partial charge in [-0.15, -0.1) is 0 Å². The summed E-state index contributed by atoms with van der Waals surface area (Å²) in [6.45, 7) is 3.51. The van der Waals surface area contributed by atoms with Crippen LogP contribution in [0.25, 0.3) is 0 Å². The van der Waals surface area contributed by atoms with Crippen molar-refractivity contribution in [3.63, 3.8) is 0 Å². The molecule has 3 atom stereocenters. The Kier molecular flexibility index (Phi) is 6.48. The average Bonchev–Trinajstić information content (AvgIpc) is 2.83. The molecule has 1 saturated carbocycles. The maximum Gasteiger partial charge on any atom is 0.133 e. The van der Waals surface area contributed by atoms with Crippen molar-refractivity contribution in [3.05, 3.63) is 28.2 Å². The lowest BCUT2D eigenvalue weighted by Crippen LogP contribution is -2.36. The largest absolute Gasteiger partial charge is 0.490 e. The van der Waals surface area contributed by atoms with E-state index >= 15 is 0 Å². The van der Waals surface area contributed by atoms with Crippen molar-refractivity contribution in [3.8, 4) is 5.75 Å². The Bertz CT molecular complexity index is 455. The van der Waals surface area contributed by atoms with Crippen molar-refractivity contribution in [1.29, 1.82) is 0 Å². The van der Waals surface area contributed by atoms with E-state index in [1.807, 2.05) is 25.1 Å². The van der Waals surface area contributed by atoms with Gasteiger partial charge in [-0.1, -0.05) is 12.5 Å². The van der Waals surface area contributed by atoms with Crippen LogP contribution < -0.4 is 10.1 Å². The molecule has 4 nitrogen and oxygen atoms in total. The summed E-state index contributed by atoms with van der Waals surface area (Å²) in [5, 5.41) is 22.9. The highest BCUT2D eigenvalue weighted by molar-refractivity contribution is 9.10. The number of hydrogen-bond donors (Lipinski definition) is 3. The zero-order valence-electron chi connectivity index (χ0n) is 12.4. The number of rotatable bonds is 7. The van der Waals surface area contributed by atoms with Crippen molar-refractivity contribution in [1.82, 2.24) is 5.32 Å². The maximum absolute atomic E-state index is 9.93. The van der Waals surface area contributed by atoms with Gasteiger partial charge in [-0.2, -0.15) is 0 Å². The van der Waals surface area contributed by atoms with Crippen LogP contribution in [0.2, 0.25) is 0 Å². The van der Waals surface area contributed by atoms with Gasteiger partial charge in [0.25, 0.3) is 0 Å². The van der Waals surface area contributed by atoms with Crippen LogP contribution >= 0.6 is 15.9 Å². The Morgan fingerprint density at radius 1 is 1.43 bits per heavy atom. The number of aliphatic hydroxyl groups excluding tert-OH is 2. The first-order valence-corrected chi connectivity index (χ1v) is 8.31. The topological polar surface area (TPSA) is 61.7 Å². The molecule has 118 valence electrons. The Morgan fingerprint density at radius 3 is 2.90 bits per heavy atom. The van der Waals surface area contributed by atoms with Gasteiger partial charge in [0, 0.05) is 13.1 Å². The highest BCUT2D eigenvalue weighted by Crippen LogP contribution is 2.26. The highest BCUT2D eigenvalue weighted by Gasteiger charge is 2.24. The molecular weight excluding hydrogens is 334 g/mol. The Morgan fingerprint density at radius 2 is 2.24 bits per heavy atom. The molecule has 1 fully saturated rings. The molecule has 0 radical (unpaired) electrons. The number of halogens is 1. The van der Waals surface area contributed by atoms with E-state index in [1.54, 1.807) is 0 Å². The molecule has 21 heavy (non-hydrogen) atoms. The summed E-state index contributed by atoms with van der Waals surface area (Å²) >= 11 is 3.45. The monoisotopic (exact) mass is 357 g/mol. The lowest BCUT2D eigenvalue weighted by atomic mass is 10.1. The first-order valence-electron chi connectivity index (χ1n) is 7.52. The van der Waals surface area contributed by atoms with E-state index in [9.17, 15) is 10.2 Å². The molecule has 5 heteroatoms. The third-order valence-corrected chi connectivity index (χ3v) is 4.54. The molecule has 0 saturated heterocycles. The summed E-state index contributed by atoms with van der Waals surface area (Å²) in [7, 11) is 0. The summed E-state index contributed by atoms with van der Waals surface area (Å²) in [5.74, 6) is 1.07. The van der Waals surface area contributed by atoms with Gasteiger partial charge in [0.05, 0.1) is 10.6 Å². The minimum atomic E-state index is -0.559. The normalized spacial score (nSPS) is 23.2. The molecule has 0 bridgehead atoms. The second kappa shape index (κ2) is 8.13.